The van der Waals surface area contributed by atoms with Gasteiger partial charge in [-0.2, -0.15) is 5.10 Å². The van der Waals surface area contributed by atoms with Crippen molar-refractivity contribution in [3.63, 3.8) is 0 Å². The van der Waals surface area contributed by atoms with E-state index in [1.807, 2.05) is 37.3 Å². The van der Waals surface area contributed by atoms with E-state index < -0.39 is 0 Å². The monoisotopic (exact) mass is 473 g/mol. The smallest absolute Gasteiger partial charge is 0.224 e. The van der Waals surface area contributed by atoms with Gasteiger partial charge in [0.2, 0.25) is 5.91 Å². The van der Waals surface area contributed by atoms with Gasteiger partial charge in [-0.1, -0.05) is 19.1 Å². The van der Waals surface area contributed by atoms with Crippen LogP contribution in [0.2, 0.25) is 0 Å². The average molecular weight is 474 g/mol. The molecule has 3 N–H and O–H groups in total. The number of anilines is 1. The van der Waals surface area contributed by atoms with E-state index in [-0.39, 0.29) is 5.91 Å². The molecule has 36 heavy (non-hydrogen) atoms. The lowest BCUT2D eigenvalue weighted by Crippen LogP contribution is -2.10. The number of aromatic nitrogens is 6. The van der Waals surface area contributed by atoms with Crippen molar-refractivity contribution in [1.29, 1.82) is 0 Å². The first-order valence-electron chi connectivity index (χ1n) is 11.8. The van der Waals surface area contributed by atoms with Crippen LogP contribution < -0.4 is 5.32 Å². The molecule has 0 saturated heterocycles. The minimum absolute atomic E-state index is 0.0212. The molecule has 6 aromatic rings. The van der Waals surface area contributed by atoms with Crippen molar-refractivity contribution in [3.05, 3.63) is 79.5 Å². The third kappa shape index (κ3) is 3.98. The van der Waals surface area contributed by atoms with Gasteiger partial charge in [0.1, 0.15) is 0 Å². The van der Waals surface area contributed by atoms with Gasteiger partial charge in [0, 0.05) is 58.6 Å². The summed E-state index contributed by atoms with van der Waals surface area (Å²) in [6.07, 6.45) is 10.1. The van der Waals surface area contributed by atoms with Gasteiger partial charge >= 0.3 is 0 Å². The zero-order valence-corrected chi connectivity index (χ0v) is 19.6. The highest BCUT2D eigenvalue weighted by molar-refractivity contribution is 6.01. The van der Waals surface area contributed by atoms with Gasteiger partial charge in [0.25, 0.3) is 0 Å². The molecule has 176 valence electrons. The highest BCUT2D eigenvalue weighted by Crippen LogP contribution is 2.34. The molecule has 0 aliphatic carbocycles. The van der Waals surface area contributed by atoms with E-state index in [0.717, 1.165) is 56.4 Å². The van der Waals surface area contributed by atoms with E-state index in [9.17, 15) is 4.79 Å². The molecule has 0 spiro atoms. The first-order valence-corrected chi connectivity index (χ1v) is 11.8. The highest BCUT2D eigenvalue weighted by Gasteiger charge is 2.15. The Morgan fingerprint density at radius 2 is 1.78 bits per heavy atom. The number of pyridine rings is 3. The van der Waals surface area contributed by atoms with Crippen LogP contribution in [0.4, 0.5) is 5.69 Å². The number of aromatic amines is 2. The third-order valence-corrected chi connectivity index (χ3v) is 6.17. The van der Waals surface area contributed by atoms with E-state index in [2.05, 4.69) is 53.6 Å². The minimum Gasteiger partial charge on any atom is -0.353 e. The maximum Gasteiger partial charge on any atom is 0.224 e. The molecular formula is C28H23N7O. The van der Waals surface area contributed by atoms with E-state index in [0.29, 0.717) is 17.8 Å². The van der Waals surface area contributed by atoms with Crippen LogP contribution in [0.15, 0.2) is 79.5 Å². The van der Waals surface area contributed by atoms with Crippen molar-refractivity contribution in [2.75, 3.05) is 5.32 Å². The molecule has 8 heteroatoms. The fraction of sp³-hybridized carbons (Fsp3) is 0.107. The number of fused-ring (bicyclic) bond motifs is 2. The third-order valence-electron chi connectivity index (χ3n) is 6.17. The van der Waals surface area contributed by atoms with Gasteiger partial charge in [-0.25, -0.2) is 4.98 Å². The zero-order valence-electron chi connectivity index (χ0n) is 19.6. The van der Waals surface area contributed by atoms with Crippen molar-refractivity contribution in [2.45, 2.75) is 19.8 Å². The SMILES string of the molecule is CCCC(=O)Nc1cncc(-c2cnc3n[nH]c(-c4cc5c(-c6ccncc6)cccc5[nH]4)c3c2)c1. The molecule has 0 unspecified atom stereocenters. The van der Waals surface area contributed by atoms with E-state index >= 15 is 0 Å². The standard InChI is InChI=1S/C28H23N7O/c1-2-4-26(36)32-20-11-18(14-30-16-20)19-12-23-27(34-35-28(23)31-15-19)25-13-22-21(5-3-6-24(22)33-25)17-7-9-29-10-8-17/h3,5-16,33H,2,4H2,1H3,(H,32,36)(H,31,34,35). The number of carbonyl (C=O) groups excluding carboxylic acids is 1. The molecule has 0 radical (unpaired) electrons. The van der Waals surface area contributed by atoms with Gasteiger partial charge in [-0.05, 0) is 53.9 Å². The largest absolute Gasteiger partial charge is 0.353 e. The molecule has 0 saturated carbocycles. The van der Waals surface area contributed by atoms with Crippen molar-refractivity contribution in [2.24, 2.45) is 0 Å². The van der Waals surface area contributed by atoms with Crippen LogP contribution in [-0.2, 0) is 4.79 Å². The van der Waals surface area contributed by atoms with Crippen LogP contribution in [0.1, 0.15) is 19.8 Å². The molecule has 0 atom stereocenters. The second-order valence-corrected chi connectivity index (χ2v) is 8.64. The second kappa shape index (κ2) is 9.07. The number of H-pyrrole nitrogens is 2. The van der Waals surface area contributed by atoms with Gasteiger partial charge < -0.3 is 10.3 Å². The summed E-state index contributed by atoms with van der Waals surface area (Å²) in [5.74, 6) is -0.0212. The Balaban J connectivity index is 1.40. The average Bonchev–Trinajstić information content (AvgIpc) is 3.53. The van der Waals surface area contributed by atoms with Crippen molar-refractivity contribution >= 4 is 33.5 Å². The van der Waals surface area contributed by atoms with Gasteiger partial charge in [-0.3, -0.25) is 19.9 Å². The quantitative estimate of drug-likeness (QED) is 0.276. The van der Waals surface area contributed by atoms with Crippen molar-refractivity contribution < 1.29 is 4.79 Å². The Labute approximate surface area is 206 Å². The normalized spacial score (nSPS) is 11.2. The molecule has 0 fully saturated rings. The maximum absolute atomic E-state index is 12.0. The topological polar surface area (TPSA) is 112 Å². The van der Waals surface area contributed by atoms with Gasteiger partial charge in [-0.15, -0.1) is 0 Å². The number of hydrogen-bond acceptors (Lipinski definition) is 5. The molecule has 0 aliphatic heterocycles. The molecule has 1 aromatic carbocycles. The van der Waals surface area contributed by atoms with E-state index in [1.165, 1.54) is 0 Å². The predicted molar refractivity (Wildman–Crippen MR) is 141 cm³/mol. The molecule has 1 amide bonds. The van der Waals surface area contributed by atoms with Crippen LogP contribution in [0.5, 0.6) is 0 Å². The summed E-state index contributed by atoms with van der Waals surface area (Å²) < 4.78 is 0. The number of amides is 1. The second-order valence-electron chi connectivity index (χ2n) is 8.64. The van der Waals surface area contributed by atoms with Crippen LogP contribution >= 0.6 is 0 Å². The summed E-state index contributed by atoms with van der Waals surface area (Å²) in [5, 5.41) is 12.5. The number of hydrogen-bond donors (Lipinski definition) is 3. The summed E-state index contributed by atoms with van der Waals surface area (Å²) in [4.78, 5) is 28.6. The van der Waals surface area contributed by atoms with Crippen LogP contribution in [0.3, 0.4) is 0 Å². The molecule has 8 nitrogen and oxygen atoms in total. The number of carbonyl (C=O) groups is 1. The number of rotatable bonds is 6. The van der Waals surface area contributed by atoms with E-state index in [1.54, 1.807) is 31.0 Å². The minimum atomic E-state index is -0.0212. The molecule has 5 heterocycles. The number of nitrogens with zero attached hydrogens (tertiary/aromatic N) is 4. The molecule has 0 aliphatic rings. The fourth-order valence-electron chi connectivity index (χ4n) is 4.45. The molecule has 0 bridgehead atoms. The van der Waals surface area contributed by atoms with Crippen molar-refractivity contribution in [3.8, 4) is 33.6 Å². The van der Waals surface area contributed by atoms with Crippen molar-refractivity contribution in [1.82, 2.24) is 30.1 Å². The lowest BCUT2D eigenvalue weighted by Gasteiger charge is -2.07. The number of benzene rings is 1. The summed E-state index contributed by atoms with van der Waals surface area (Å²) in [6.45, 7) is 1.98. The fourth-order valence-corrected chi connectivity index (χ4v) is 4.45. The Bertz CT molecular complexity index is 1700. The Morgan fingerprint density at radius 1 is 0.917 bits per heavy atom. The predicted octanol–water partition coefficient (Wildman–Crippen LogP) is 5.97. The van der Waals surface area contributed by atoms with E-state index in [4.69, 9.17) is 0 Å². The highest BCUT2D eigenvalue weighted by atomic mass is 16.1. The Morgan fingerprint density at radius 3 is 2.64 bits per heavy atom. The first kappa shape index (κ1) is 21.7. The van der Waals surface area contributed by atoms with Crippen LogP contribution in [0, 0.1) is 0 Å². The zero-order chi connectivity index (χ0) is 24.5. The van der Waals surface area contributed by atoms with Crippen LogP contribution in [0.25, 0.3) is 55.6 Å². The first-order chi connectivity index (χ1) is 17.7. The maximum atomic E-state index is 12.0. The van der Waals surface area contributed by atoms with Crippen LogP contribution in [-0.4, -0.2) is 36.0 Å². The molecule has 5 aromatic heterocycles. The summed E-state index contributed by atoms with van der Waals surface area (Å²) in [5.41, 5.74) is 8.10. The van der Waals surface area contributed by atoms with Gasteiger partial charge in [0.05, 0.1) is 23.3 Å². The summed E-state index contributed by atoms with van der Waals surface area (Å²) in [6, 6.07) is 16.3. The lowest BCUT2D eigenvalue weighted by molar-refractivity contribution is -0.116. The van der Waals surface area contributed by atoms with Gasteiger partial charge in [0.15, 0.2) is 5.65 Å². The lowest BCUT2D eigenvalue weighted by atomic mass is 10.0. The molecular weight excluding hydrogens is 450 g/mol. The Hall–Kier alpha value is -4.85. The summed E-state index contributed by atoms with van der Waals surface area (Å²) in [7, 11) is 0. The number of nitrogens with one attached hydrogen (secondary N) is 3. The summed E-state index contributed by atoms with van der Waals surface area (Å²) >= 11 is 0. The Kier molecular flexibility index (Phi) is 5.46. The molecule has 6 rings (SSSR count).